The van der Waals surface area contributed by atoms with Crippen molar-refractivity contribution in [3.63, 3.8) is 0 Å². The van der Waals surface area contributed by atoms with Crippen LogP contribution in [0.3, 0.4) is 0 Å². The molecule has 0 bridgehead atoms. The standard InChI is InChI=1S/C45H76N2O4.HI/c1-5-8-11-14-15-16-17-18-19-20-21-22-23-26-32-43(45(48)46-39-40-31-27-28-35-47(40)4)51-41-33-34-42(49-36-29-24-12-9-6-2)44(38-41)50-37-30-25-13-10-7-3;/h27-28,31,33-35,38,43H,5-26,29-30,32,36-37,39H2,1-4H3;1H. The Bertz CT molecular complexity index is 1130. The average Bonchev–Trinajstić information content (AvgIpc) is 3.14. The Kier molecular flexibility index (Phi) is 30.9. The first-order valence-electron chi connectivity index (χ1n) is 21.4. The summed E-state index contributed by atoms with van der Waals surface area (Å²) in [6.45, 7) is 8.55. The molecule has 0 aliphatic rings. The van der Waals surface area contributed by atoms with E-state index in [0.717, 1.165) is 43.5 Å². The van der Waals surface area contributed by atoms with Gasteiger partial charge in [0.2, 0.25) is 0 Å². The van der Waals surface area contributed by atoms with E-state index < -0.39 is 6.10 Å². The SMILES string of the molecule is CCCCCCCCCCCCCCCCC(Oc1ccc(OCCCCCCC)c(OCCCCCCC)c1)C(=O)NCc1cccc[n+]1C.[I-]. The zero-order chi connectivity index (χ0) is 36.6. The lowest BCUT2D eigenvalue weighted by atomic mass is 10.0. The molecule has 0 radical (unpaired) electrons. The second-order valence-electron chi connectivity index (χ2n) is 14.6. The van der Waals surface area contributed by atoms with Crippen molar-refractivity contribution in [2.75, 3.05) is 13.2 Å². The van der Waals surface area contributed by atoms with Crippen LogP contribution in [0.15, 0.2) is 42.6 Å². The van der Waals surface area contributed by atoms with Crippen LogP contribution in [-0.2, 0) is 18.4 Å². The molecule has 0 saturated heterocycles. The maximum atomic E-state index is 13.6. The fourth-order valence-corrected chi connectivity index (χ4v) is 6.54. The number of amides is 1. The van der Waals surface area contributed by atoms with Gasteiger partial charge in [0.25, 0.3) is 5.91 Å². The summed E-state index contributed by atoms with van der Waals surface area (Å²) < 4.78 is 21.0. The summed E-state index contributed by atoms with van der Waals surface area (Å²) in [6.07, 6.45) is 32.4. The predicted octanol–water partition coefficient (Wildman–Crippen LogP) is 9.15. The van der Waals surface area contributed by atoms with Crippen molar-refractivity contribution in [1.82, 2.24) is 5.32 Å². The number of hydrogen-bond donors (Lipinski definition) is 1. The summed E-state index contributed by atoms with van der Waals surface area (Å²) in [5.74, 6) is 2.06. The zero-order valence-corrected chi connectivity index (χ0v) is 36.0. The number of aryl methyl sites for hydroxylation is 1. The van der Waals surface area contributed by atoms with Gasteiger partial charge in [-0.3, -0.25) is 4.79 Å². The Hall–Kier alpha value is -2.03. The van der Waals surface area contributed by atoms with Crippen LogP contribution in [-0.4, -0.2) is 25.2 Å². The molecule has 1 aromatic heterocycles. The Labute approximate surface area is 337 Å². The first-order valence-corrected chi connectivity index (χ1v) is 21.4. The summed E-state index contributed by atoms with van der Waals surface area (Å²) >= 11 is 0. The third-order valence-electron chi connectivity index (χ3n) is 9.92. The number of pyridine rings is 1. The lowest BCUT2D eigenvalue weighted by Gasteiger charge is -2.20. The first kappa shape index (κ1) is 48.0. The van der Waals surface area contributed by atoms with Gasteiger partial charge in [-0.05, 0) is 37.8 Å². The van der Waals surface area contributed by atoms with Gasteiger partial charge in [0.1, 0.15) is 19.3 Å². The van der Waals surface area contributed by atoms with E-state index in [1.807, 2.05) is 54.2 Å². The Morgan fingerprint density at radius 3 is 1.62 bits per heavy atom. The number of carbonyl (C=O) groups is 1. The topological polar surface area (TPSA) is 60.7 Å². The molecule has 1 amide bonds. The molecule has 2 aromatic rings. The Morgan fingerprint density at radius 1 is 0.615 bits per heavy atom. The minimum absolute atomic E-state index is 0. The van der Waals surface area contributed by atoms with E-state index in [1.165, 1.54) is 122 Å². The minimum atomic E-state index is -0.566. The predicted molar refractivity (Wildman–Crippen MR) is 214 cm³/mol. The van der Waals surface area contributed by atoms with E-state index in [0.29, 0.717) is 37.7 Å². The third kappa shape index (κ3) is 23.6. The van der Waals surface area contributed by atoms with Crippen molar-refractivity contribution in [3.8, 4) is 17.2 Å². The second kappa shape index (κ2) is 33.5. The van der Waals surface area contributed by atoms with Crippen LogP contribution >= 0.6 is 0 Å². The average molecular weight is 837 g/mol. The molecule has 0 saturated carbocycles. The Morgan fingerprint density at radius 2 is 1.10 bits per heavy atom. The summed E-state index contributed by atoms with van der Waals surface area (Å²) in [7, 11) is 2.00. The number of carbonyl (C=O) groups excluding carboxylic acids is 1. The minimum Gasteiger partial charge on any atom is -1.00 e. The van der Waals surface area contributed by atoms with E-state index in [1.54, 1.807) is 0 Å². The molecule has 1 atom stereocenters. The molecule has 1 unspecified atom stereocenters. The van der Waals surface area contributed by atoms with Gasteiger partial charge in [0, 0.05) is 18.2 Å². The van der Waals surface area contributed by atoms with Gasteiger partial charge >= 0.3 is 0 Å². The van der Waals surface area contributed by atoms with Crippen molar-refractivity contribution in [2.45, 2.75) is 194 Å². The molecule has 52 heavy (non-hydrogen) atoms. The van der Waals surface area contributed by atoms with Crippen LogP contribution < -0.4 is 48.1 Å². The molecular formula is C45H77IN2O4. The highest BCUT2D eigenvalue weighted by molar-refractivity contribution is 5.81. The van der Waals surface area contributed by atoms with Crippen molar-refractivity contribution in [1.29, 1.82) is 0 Å². The number of hydrogen-bond acceptors (Lipinski definition) is 4. The number of unbranched alkanes of at least 4 members (excludes halogenated alkanes) is 21. The van der Waals surface area contributed by atoms with Crippen LogP contribution in [0.4, 0.5) is 0 Å². The van der Waals surface area contributed by atoms with Gasteiger partial charge in [0.15, 0.2) is 29.5 Å². The second-order valence-corrected chi connectivity index (χ2v) is 14.6. The molecule has 2 rings (SSSR count). The number of ether oxygens (including phenoxy) is 3. The van der Waals surface area contributed by atoms with Crippen molar-refractivity contribution >= 4 is 5.91 Å². The molecular weight excluding hydrogens is 759 g/mol. The molecule has 0 fully saturated rings. The van der Waals surface area contributed by atoms with Crippen molar-refractivity contribution in [2.24, 2.45) is 7.05 Å². The zero-order valence-electron chi connectivity index (χ0n) is 33.9. The van der Waals surface area contributed by atoms with Crippen LogP contribution in [0.1, 0.15) is 187 Å². The van der Waals surface area contributed by atoms with E-state index in [-0.39, 0.29) is 29.9 Å². The van der Waals surface area contributed by atoms with Crippen LogP contribution in [0.25, 0.3) is 0 Å². The van der Waals surface area contributed by atoms with Crippen LogP contribution in [0.5, 0.6) is 17.2 Å². The Balaban J connectivity index is 0.0000135. The van der Waals surface area contributed by atoms with Crippen molar-refractivity contribution in [3.05, 3.63) is 48.3 Å². The van der Waals surface area contributed by atoms with Crippen LogP contribution in [0.2, 0.25) is 0 Å². The van der Waals surface area contributed by atoms with Gasteiger partial charge in [-0.25, -0.2) is 4.57 Å². The number of aromatic nitrogens is 1. The van der Waals surface area contributed by atoms with Gasteiger partial charge in [-0.15, -0.1) is 0 Å². The lowest BCUT2D eigenvalue weighted by Crippen LogP contribution is -3.00. The van der Waals surface area contributed by atoms with Gasteiger partial charge < -0.3 is 43.5 Å². The number of nitrogens with one attached hydrogen (secondary N) is 1. The molecule has 0 aliphatic heterocycles. The van der Waals surface area contributed by atoms with Gasteiger partial charge in [0.05, 0.1) is 13.2 Å². The first-order chi connectivity index (χ1) is 25.1. The fourth-order valence-electron chi connectivity index (χ4n) is 6.54. The van der Waals surface area contributed by atoms with Crippen molar-refractivity contribution < 1.29 is 47.5 Å². The maximum absolute atomic E-state index is 13.6. The van der Waals surface area contributed by atoms with E-state index in [9.17, 15) is 4.79 Å². The summed E-state index contributed by atoms with van der Waals surface area (Å²) in [4.78, 5) is 13.6. The summed E-state index contributed by atoms with van der Waals surface area (Å²) in [6, 6.07) is 11.9. The highest BCUT2D eigenvalue weighted by atomic mass is 127. The lowest BCUT2D eigenvalue weighted by molar-refractivity contribution is -0.679. The fraction of sp³-hybridized carbons (Fsp3) is 0.733. The quantitative estimate of drug-likeness (QED) is 0.0435. The molecule has 6 nitrogen and oxygen atoms in total. The molecule has 0 spiro atoms. The van der Waals surface area contributed by atoms with Gasteiger partial charge in [-0.2, -0.15) is 0 Å². The molecule has 0 aliphatic carbocycles. The molecule has 7 heteroatoms. The summed E-state index contributed by atoms with van der Waals surface area (Å²) in [5, 5.41) is 3.15. The van der Waals surface area contributed by atoms with E-state index >= 15 is 0 Å². The number of rotatable bonds is 34. The molecule has 298 valence electrons. The van der Waals surface area contributed by atoms with Gasteiger partial charge in [-0.1, -0.05) is 162 Å². The highest BCUT2D eigenvalue weighted by Gasteiger charge is 2.22. The molecule has 1 N–H and O–H groups in total. The monoisotopic (exact) mass is 836 g/mol. The third-order valence-corrected chi connectivity index (χ3v) is 9.92. The normalized spacial score (nSPS) is 11.5. The number of halogens is 1. The number of nitrogens with zero attached hydrogens (tertiary/aromatic N) is 1. The molecule has 1 aromatic carbocycles. The smallest absolute Gasteiger partial charge is 0.261 e. The summed E-state index contributed by atoms with van der Waals surface area (Å²) in [5.41, 5.74) is 1.05. The van der Waals surface area contributed by atoms with Crippen LogP contribution in [0, 0.1) is 0 Å². The number of benzene rings is 1. The van der Waals surface area contributed by atoms with E-state index in [4.69, 9.17) is 14.2 Å². The largest absolute Gasteiger partial charge is 1.00 e. The highest BCUT2D eigenvalue weighted by Crippen LogP contribution is 2.33. The maximum Gasteiger partial charge on any atom is 0.261 e. The molecule has 1 heterocycles. The van der Waals surface area contributed by atoms with E-state index in [2.05, 4.69) is 26.1 Å².